The molecule has 0 aliphatic carbocycles. The molecule has 0 bridgehead atoms. The molecule has 2 atom stereocenters. The monoisotopic (exact) mass is 404 g/mol. The van der Waals surface area contributed by atoms with E-state index in [1.165, 1.54) is 0 Å². The highest BCUT2D eigenvalue weighted by Gasteiger charge is 2.24. The molecular formula is C16H24N2O6S2. The zero-order chi connectivity index (χ0) is 19.8. The molecule has 1 rings (SSSR count). The summed E-state index contributed by atoms with van der Waals surface area (Å²) in [6, 6.07) is 11.3. The van der Waals surface area contributed by atoms with Gasteiger partial charge in [0.25, 0.3) is 20.2 Å². The Morgan fingerprint density at radius 1 is 1.12 bits per heavy atom. The number of benzene rings is 1. The first-order chi connectivity index (χ1) is 12.0. The Morgan fingerprint density at radius 2 is 1.73 bits per heavy atom. The van der Waals surface area contributed by atoms with Gasteiger partial charge < -0.3 is 0 Å². The van der Waals surface area contributed by atoms with Gasteiger partial charge in [-0.25, -0.2) is 0 Å². The van der Waals surface area contributed by atoms with Crippen LogP contribution in [0, 0.1) is 11.3 Å². The molecule has 10 heteroatoms. The Hall–Kier alpha value is -1.51. The van der Waals surface area contributed by atoms with E-state index in [0.29, 0.717) is 6.54 Å². The van der Waals surface area contributed by atoms with Gasteiger partial charge >= 0.3 is 0 Å². The van der Waals surface area contributed by atoms with Crippen LogP contribution in [-0.2, 0) is 35.1 Å². The van der Waals surface area contributed by atoms with E-state index in [2.05, 4.69) is 6.07 Å². The van der Waals surface area contributed by atoms with Crippen LogP contribution in [-0.4, -0.2) is 59.5 Å². The first kappa shape index (κ1) is 22.5. The van der Waals surface area contributed by atoms with Crippen molar-refractivity contribution in [2.45, 2.75) is 32.0 Å². The molecule has 1 unspecified atom stereocenters. The highest BCUT2D eigenvalue weighted by molar-refractivity contribution is 7.86. The largest absolute Gasteiger partial charge is 0.293 e. The third-order valence-electron chi connectivity index (χ3n) is 3.46. The van der Waals surface area contributed by atoms with E-state index in [0.717, 1.165) is 18.1 Å². The molecule has 0 aliphatic rings. The van der Waals surface area contributed by atoms with Crippen LogP contribution >= 0.6 is 0 Å². The molecule has 0 heterocycles. The van der Waals surface area contributed by atoms with Gasteiger partial charge in [0.05, 0.1) is 31.6 Å². The lowest BCUT2D eigenvalue weighted by molar-refractivity contribution is 0.0750. The summed E-state index contributed by atoms with van der Waals surface area (Å²) < 4.78 is 55.2. The van der Waals surface area contributed by atoms with Gasteiger partial charge in [0.15, 0.2) is 0 Å². The van der Waals surface area contributed by atoms with Crippen molar-refractivity contribution in [3.63, 3.8) is 0 Å². The van der Waals surface area contributed by atoms with Gasteiger partial charge in [-0.05, 0) is 12.5 Å². The summed E-state index contributed by atoms with van der Waals surface area (Å²) in [5, 5.41) is 8.97. The summed E-state index contributed by atoms with van der Waals surface area (Å²) in [5.74, 6) is 0. The lowest BCUT2D eigenvalue weighted by Crippen LogP contribution is -2.42. The zero-order valence-electron chi connectivity index (χ0n) is 15.0. The third kappa shape index (κ3) is 9.84. The molecule has 1 aromatic carbocycles. The number of nitrogens with zero attached hydrogens (tertiary/aromatic N) is 2. The van der Waals surface area contributed by atoms with Gasteiger partial charge in [-0.2, -0.15) is 22.1 Å². The molecule has 0 amide bonds. The normalized spacial score (nSPS) is 14.7. The second kappa shape index (κ2) is 9.99. The van der Waals surface area contributed by atoms with Crippen molar-refractivity contribution in [1.29, 1.82) is 5.26 Å². The quantitative estimate of drug-likeness (QED) is 0.504. The van der Waals surface area contributed by atoms with Crippen LogP contribution in [0.3, 0.4) is 0 Å². The van der Waals surface area contributed by atoms with E-state index < -0.39 is 32.9 Å². The molecule has 8 nitrogen and oxygen atoms in total. The van der Waals surface area contributed by atoms with Crippen LogP contribution in [0.2, 0.25) is 0 Å². The van der Waals surface area contributed by atoms with Crippen molar-refractivity contribution < 1.29 is 25.2 Å². The van der Waals surface area contributed by atoms with E-state index in [1.807, 2.05) is 42.2 Å². The van der Waals surface area contributed by atoms with E-state index in [-0.39, 0.29) is 19.0 Å². The minimum absolute atomic E-state index is 0.0837. The lowest BCUT2D eigenvalue weighted by Gasteiger charge is -2.31. The number of rotatable bonds is 11. The smallest absolute Gasteiger partial charge is 0.264 e. The molecule has 0 saturated carbocycles. The van der Waals surface area contributed by atoms with Crippen LogP contribution in [0.4, 0.5) is 0 Å². The summed E-state index contributed by atoms with van der Waals surface area (Å²) in [4.78, 5) is 1.86. The second-order valence-electron chi connectivity index (χ2n) is 6.04. The van der Waals surface area contributed by atoms with Crippen molar-refractivity contribution in [1.82, 2.24) is 4.90 Å². The van der Waals surface area contributed by atoms with Crippen LogP contribution < -0.4 is 0 Å². The molecule has 1 aromatic rings. The number of hydrogen-bond donors (Lipinski definition) is 0. The van der Waals surface area contributed by atoms with E-state index in [1.54, 1.807) is 0 Å². The van der Waals surface area contributed by atoms with Crippen molar-refractivity contribution in [2.24, 2.45) is 0 Å². The van der Waals surface area contributed by atoms with Gasteiger partial charge in [0.2, 0.25) is 0 Å². The first-order valence-electron chi connectivity index (χ1n) is 7.88. The predicted molar refractivity (Wildman–Crippen MR) is 97.1 cm³/mol. The van der Waals surface area contributed by atoms with E-state index >= 15 is 0 Å². The van der Waals surface area contributed by atoms with Crippen LogP contribution in [0.1, 0.15) is 18.9 Å². The fourth-order valence-corrected chi connectivity index (χ4v) is 3.31. The average molecular weight is 405 g/mol. The minimum atomic E-state index is -3.81. The van der Waals surface area contributed by atoms with Gasteiger partial charge in [-0.1, -0.05) is 30.3 Å². The minimum Gasteiger partial charge on any atom is -0.293 e. The van der Waals surface area contributed by atoms with Crippen LogP contribution in [0.5, 0.6) is 0 Å². The summed E-state index contributed by atoms with van der Waals surface area (Å²) in [6.07, 6.45) is 0.973. The number of hydrogen-bond acceptors (Lipinski definition) is 8. The Labute approximate surface area is 155 Å². The standard InChI is InChI=1S/C16H24N2O6S2/c1-14(9-10-17)18(11-15-7-5-4-6-8-15)12-16(24-26(3,21)22)13-23-25(2,19)20/h4-8,14,16H,9,11-13H2,1-3H3/t14?,16-/m0/s1. The maximum absolute atomic E-state index is 11.5. The van der Waals surface area contributed by atoms with Gasteiger partial charge in [0, 0.05) is 19.1 Å². The van der Waals surface area contributed by atoms with E-state index in [4.69, 9.17) is 13.6 Å². The molecule has 0 spiro atoms. The molecule has 0 aromatic heterocycles. The lowest BCUT2D eigenvalue weighted by atomic mass is 10.1. The van der Waals surface area contributed by atoms with Gasteiger partial charge in [0.1, 0.15) is 6.10 Å². The van der Waals surface area contributed by atoms with Gasteiger partial charge in [-0.3, -0.25) is 13.3 Å². The Kier molecular flexibility index (Phi) is 8.66. The van der Waals surface area contributed by atoms with Crippen molar-refractivity contribution in [3.05, 3.63) is 35.9 Å². The van der Waals surface area contributed by atoms with Crippen LogP contribution in [0.15, 0.2) is 30.3 Å². The van der Waals surface area contributed by atoms with E-state index in [9.17, 15) is 16.8 Å². The Morgan fingerprint density at radius 3 is 2.23 bits per heavy atom. The fourth-order valence-electron chi connectivity index (χ4n) is 2.30. The molecule has 0 fully saturated rings. The highest BCUT2D eigenvalue weighted by Crippen LogP contribution is 2.14. The maximum atomic E-state index is 11.5. The van der Waals surface area contributed by atoms with Crippen molar-refractivity contribution in [2.75, 3.05) is 25.7 Å². The Bertz CT molecular complexity index is 803. The zero-order valence-corrected chi connectivity index (χ0v) is 16.7. The Balaban J connectivity index is 2.97. The molecule has 0 N–H and O–H groups in total. The molecule has 0 aliphatic heterocycles. The SMILES string of the molecule is CC(CC#N)N(Cc1ccccc1)C[C@@H](COS(C)(=O)=O)OS(C)(=O)=O. The molecule has 26 heavy (non-hydrogen) atoms. The summed E-state index contributed by atoms with van der Waals surface area (Å²) in [7, 11) is -7.56. The number of nitriles is 1. The molecular weight excluding hydrogens is 380 g/mol. The van der Waals surface area contributed by atoms with Gasteiger partial charge in [-0.15, -0.1) is 0 Å². The summed E-state index contributed by atoms with van der Waals surface area (Å²) in [5.41, 5.74) is 0.972. The predicted octanol–water partition coefficient (Wildman–Crippen LogP) is 1.11. The third-order valence-corrected chi connectivity index (χ3v) is 4.64. The second-order valence-corrected chi connectivity index (χ2v) is 9.28. The summed E-state index contributed by atoms with van der Waals surface area (Å²) in [6.45, 7) is 1.93. The molecule has 0 saturated heterocycles. The topological polar surface area (TPSA) is 114 Å². The van der Waals surface area contributed by atoms with Crippen molar-refractivity contribution >= 4 is 20.2 Å². The fraction of sp³-hybridized carbons (Fsp3) is 0.562. The van der Waals surface area contributed by atoms with Crippen molar-refractivity contribution in [3.8, 4) is 6.07 Å². The summed E-state index contributed by atoms with van der Waals surface area (Å²) >= 11 is 0. The van der Waals surface area contributed by atoms with Crippen LogP contribution in [0.25, 0.3) is 0 Å². The molecule has 146 valence electrons. The highest BCUT2D eigenvalue weighted by atomic mass is 32.2. The molecule has 0 radical (unpaired) electrons. The average Bonchev–Trinajstić information content (AvgIpc) is 2.51. The first-order valence-corrected chi connectivity index (χ1v) is 11.5. The maximum Gasteiger partial charge on any atom is 0.264 e.